The molecule has 10 rings (SSSR count). The molecule has 0 aliphatic heterocycles. The number of rotatable bonds is 10. The van der Waals surface area contributed by atoms with Gasteiger partial charge in [-0.3, -0.25) is 56.6 Å². The van der Waals surface area contributed by atoms with Crippen molar-refractivity contribution in [3.63, 3.8) is 0 Å². The lowest BCUT2D eigenvalue weighted by atomic mass is 9.75. The molecule has 10 aromatic rings. The van der Waals surface area contributed by atoms with Crippen LogP contribution in [0, 0.1) is 46.5 Å². The van der Waals surface area contributed by atoms with E-state index in [1.807, 2.05) is 0 Å². The lowest BCUT2D eigenvalue weighted by molar-refractivity contribution is -0.173. The minimum absolute atomic E-state index is 0.504. The van der Waals surface area contributed by atoms with Gasteiger partial charge in [0.2, 0.25) is 69.5 Å². The molecule has 27 heteroatoms. The van der Waals surface area contributed by atoms with Gasteiger partial charge in [-0.05, 0) is 54.4 Å². The summed E-state index contributed by atoms with van der Waals surface area (Å²) >= 11 is 0. The van der Waals surface area contributed by atoms with Crippen LogP contribution in [0.15, 0.2) is 99.0 Å². The van der Waals surface area contributed by atoms with E-state index < -0.39 is 203 Å². The summed E-state index contributed by atoms with van der Waals surface area (Å²) in [7, 11) is 3.93. The number of nitrogens with zero attached hydrogens (tertiary/aromatic N) is 4. The van der Waals surface area contributed by atoms with Gasteiger partial charge in [-0.1, -0.05) is 24.3 Å². The highest BCUT2D eigenvalue weighted by Crippen LogP contribution is 2.48. The maximum atomic E-state index is 15.7. The van der Waals surface area contributed by atoms with E-state index in [9.17, 15) is 38.4 Å². The van der Waals surface area contributed by atoms with Crippen molar-refractivity contribution in [1.29, 1.82) is 0 Å². The molecule has 4 aromatic heterocycles. The number of fused-ring (bicyclic) bond motifs is 4. The topological polar surface area (TPSA) is 193 Å². The SMILES string of the molecule is Cn1c(=O)c2cc3c(=O)n(C)c(=O)c3c(Oc3c(F)c(F)c(Oc4ccc(C(C)(c5ccc(Oc6c(F)c(F)c(Oc7c8c(=O)n(C)c(=O)c8cc8c(=O)n(C)c(=O)c78)c(F)c6F)cc5)C(F)(F)F)cc4)c(F)c3F)c2c1=O. The number of hydrogen-bond acceptors (Lipinski definition) is 12. The minimum Gasteiger partial charge on any atom is -0.451 e. The molecule has 0 atom stereocenters. The number of halogens is 11. The van der Waals surface area contributed by atoms with Crippen molar-refractivity contribution < 1.29 is 67.2 Å². The highest BCUT2D eigenvalue weighted by Gasteiger charge is 2.53. The van der Waals surface area contributed by atoms with Gasteiger partial charge in [0.25, 0.3) is 44.5 Å². The Morgan fingerprint density at radius 2 is 0.551 bits per heavy atom. The lowest BCUT2D eigenvalue weighted by Crippen LogP contribution is -2.40. The summed E-state index contributed by atoms with van der Waals surface area (Å²) in [5, 5.41) is -5.31. The largest absolute Gasteiger partial charge is 0.451 e. The van der Waals surface area contributed by atoms with E-state index in [0.717, 1.165) is 64.6 Å². The molecule has 0 aliphatic carbocycles. The van der Waals surface area contributed by atoms with E-state index in [1.165, 1.54) is 0 Å². The van der Waals surface area contributed by atoms with Crippen LogP contribution in [0.25, 0.3) is 43.1 Å². The Balaban J connectivity index is 0.936. The van der Waals surface area contributed by atoms with E-state index in [-0.39, 0.29) is 0 Å². The first-order chi connectivity index (χ1) is 36.5. The Kier molecular flexibility index (Phi) is 11.6. The van der Waals surface area contributed by atoms with Crippen LogP contribution in [-0.2, 0) is 33.6 Å². The van der Waals surface area contributed by atoms with Gasteiger partial charge in [0.15, 0.2) is 11.5 Å². The lowest BCUT2D eigenvalue weighted by Gasteiger charge is -2.33. The second-order valence-corrected chi connectivity index (χ2v) is 17.7. The van der Waals surface area contributed by atoms with Crippen molar-refractivity contribution in [2.45, 2.75) is 18.5 Å². The quantitative estimate of drug-likeness (QED) is 0.0973. The monoisotopic (exact) mass is 1090 g/mol. The van der Waals surface area contributed by atoms with Gasteiger partial charge in [-0.2, -0.15) is 48.3 Å². The maximum Gasteiger partial charge on any atom is 0.402 e. The molecule has 0 fully saturated rings. The van der Waals surface area contributed by atoms with Crippen LogP contribution >= 0.6 is 0 Å². The van der Waals surface area contributed by atoms with Gasteiger partial charge in [-0.25, -0.2) is 0 Å². The van der Waals surface area contributed by atoms with E-state index in [1.54, 1.807) is 0 Å². The van der Waals surface area contributed by atoms with Gasteiger partial charge in [0, 0.05) is 28.2 Å². The Hall–Kier alpha value is -9.69. The third-order valence-electron chi connectivity index (χ3n) is 13.4. The highest BCUT2D eigenvalue weighted by molar-refractivity contribution is 6.06. The van der Waals surface area contributed by atoms with Crippen molar-refractivity contribution in [3.05, 3.63) is 201 Å². The fourth-order valence-electron chi connectivity index (χ4n) is 8.99. The van der Waals surface area contributed by atoms with Crippen LogP contribution in [0.1, 0.15) is 18.1 Å². The molecule has 16 nitrogen and oxygen atoms in total. The fourth-order valence-corrected chi connectivity index (χ4v) is 8.99. The molecule has 0 bridgehead atoms. The summed E-state index contributed by atoms with van der Waals surface area (Å²) in [6.07, 6.45) is -5.22. The summed E-state index contributed by atoms with van der Waals surface area (Å²) in [4.78, 5) is 103. The first-order valence-corrected chi connectivity index (χ1v) is 22.0. The van der Waals surface area contributed by atoms with Gasteiger partial charge >= 0.3 is 6.18 Å². The zero-order valence-electron chi connectivity index (χ0n) is 39.6. The Labute approximate surface area is 421 Å². The second-order valence-electron chi connectivity index (χ2n) is 17.7. The van der Waals surface area contributed by atoms with E-state index in [4.69, 9.17) is 18.9 Å². The average Bonchev–Trinajstić information content (AvgIpc) is 4.12. The van der Waals surface area contributed by atoms with Crippen molar-refractivity contribution >= 4 is 43.1 Å². The Bertz CT molecular complexity index is 4260. The third kappa shape index (κ3) is 7.12. The molecule has 0 aliphatic rings. The van der Waals surface area contributed by atoms with Gasteiger partial charge < -0.3 is 18.9 Å². The summed E-state index contributed by atoms with van der Waals surface area (Å²) in [5.74, 6) is -29.6. The fraction of sp³-hybridized carbons (Fsp3) is 0.137. The standard InChI is InChI=1S/C51H25F11N4O12/c1-50(51(60,61)62,16-6-10-18(11-7-16)75-38-28(52)32(56)40(33(57)29(38)53)77-36-24-20(42(67)63(2)46(24)71)14-21-25(36)47(72)64(3)43(21)68)17-8-12-19(13-9-17)76-39-30(54)34(58)41(35(59)31(39)55)78-37-26-22(44(69)65(4)48(26)73)15-23-27(37)49(74)66(5)45(23)70/h6-15H,1-5H3. The molecule has 0 saturated carbocycles. The van der Waals surface area contributed by atoms with Crippen LogP contribution in [0.2, 0.25) is 0 Å². The van der Waals surface area contributed by atoms with Crippen LogP contribution in [0.5, 0.6) is 46.0 Å². The molecular weight excluding hydrogens is 1070 g/mol. The average molecular weight is 1090 g/mol. The van der Waals surface area contributed by atoms with Crippen molar-refractivity contribution in [3.8, 4) is 46.0 Å². The van der Waals surface area contributed by atoms with Crippen LogP contribution in [0.4, 0.5) is 48.3 Å². The number of ether oxygens (including phenoxy) is 4. The van der Waals surface area contributed by atoms with E-state index in [0.29, 0.717) is 49.5 Å². The predicted molar refractivity (Wildman–Crippen MR) is 252 cm³/mol. The molecule has 0 radical (unpaired) electrons. The second kappa shape index (κ2) is 17.4. The molecule has 0 saturated heterocycles. The smallest absolute Gasteiger partial charge is 0.402 e. The number of hydrogen-bond donors (Lipinski definition) is 0. The Morgan fingerprint density at radius 1 is 0.333 bits per heavy atom. The highest BCUT2D eigenvalue weighted by atomic mass is 19.4. The van der Waals surface area contributed by atoms with E-state index in [2.05, 4.69) is 0 Å². The molecule has 0 unspecified atom stereocenters. The maximum absolute atomic E-state index is 15.7. The molecule has 0 N–H and O–H groups in total. The van der Waals surface area contributed by atoms with Crippen LogP contribution in [-0.4, -0.2) is 24.4 Å². The molecule has 0 spiro atoms. The number of aromatic nitrogens is 4. The predicted octanol–water partition coefficient (Wildman–Crippen LogP) is 7.44. The van der Waals surface area contributed by atoms with Crippen molar-refractivity contribution in [2.75, 3.05) is 0 Å². The summed E-state index contributed by atoms with van der Waals surface area (Å²) in [5.41, 5.74) is -13.2. The molecule has 4 heterocycles. The van der Waals surface area contributed by atoms with Gasteiger partial charge in [0.05, 0.1) is 43.1 Å². The van der Waals surface area contributed by atoms with E-state index >= 15 is 48.3 Å². The molecular formula is C51H25F11N4O12. The van der Waals surface area contributed by atoms with Crippen molar-refractivity contribution in [1.82, 2.24) is 18.3 Å². The van der Waals surface area contributed by atoms with Crippen molar-refractivity contribution in [2.24, 2.45) is 28.2 Å². The Morgan fingerprint density at radius 3 is 0.769 bits per heavy atom. The molecule has 398 valence electrons. The number of benzene rings is 6. The minimum atomic E-state index is -5.22. The zero-order valence-corrected chi connectivity index (χ0v) is 39.6. The first kappa shape index (κ1) is 51.8. The van der Waals surface area contributed by atoms with Crippen LogP contribution in [0.3, 0.4) is 0 Å². The molecule has 78 heavy (non-hydrogen) atoms. The van der Waals surface area contributed by atoms with Crippen LogP contribution < -0.4 is 63.4 Å². The summed E-state index contributed by atoms with van der Waals surface area (Å²) in [6, 6.07) is 7.46. The molecule has 6 aromatic carbocycles. The molecule has 0 amide bonds. The first-order valence-electron chi connectivity index (χ1n) is 22.0. The normalized spacial score (nSPS) is 12.3. The number of alkyl halides is 3. The summed E-state index contributed by atoms with van der Waals surface area (Å²) < 4.78 is 193. The summed E-state index contributed by atoms with van der Waals surface area (Å²) in [6.45, 7) is 0.644. The zero-order chi connectivity index (χ0) is 56.8. The third-order valence-corrected chi connectivity index (χ3v) is 13.4. The van der Waals surface area contributed by atoms with Gasteiger partial charge in [-0.15, -0.1) is 0 Å². The van der Waals surface area contributed by atoms with Gasteiger partial charge in [0.1, 0.15) is 16.9 Å².